The molecule has 5 heteroatoms. The van der Waals surface area contributed by atoms with Crippen molar-refractivity contribution in [3.63, 3.8) is 0 Å². The molecule has 3 aliphatic rings. The Hall–Kier alpha value is -0.810. The summed E-state index contributed by atoms with van der Waals surface area (Å²) in [5.41, 5.74) is -0.0681. The van der Waals surface area contributed by atoms with Gasteiger partial charge in [0, 0.05) is 37.6 Å². The van der Waals surface area contributed by atoms with Crippen molar-refractivity contribution in [1.29, 1.82) is 0 Å². The van der Waals surface area contributed by atoms with E-state index in [2.05, 4.69) is 11.8 Å². The highest BCUT2D eigenvalue weighted by molar-refractivity contribution is 5.69. The number of hydrogen-bond donors (Lipinski definition) is 0. The molecule has 1 amide bonds. The molecule has 0 N–H and O–H groups in total. The van der Waals surface area contributed by atoms with Crippen LogP contribution in [0, 0.1) is 11.3 Å². The van der Waals surface area contributed by atoms with Crippen LogP contribution in [-0.4, -0.2) is 66.9 Å². The van der Waals surface area contributed by atoms with Gasteiger partial charge in [0.1, 0.15) is 5.60 Å². The molecule has 0 aromatic carbocycles. The van der Waals surface area contributed by atoms with Crippen LogP contribution in [0.3, 0.4) is 0 Å². The normalized spacial score (nSPS) is 32.9. The first-order valence-corrected chi connectivity index (χ1v) is 7.58. The summed E-state index contributed by atoms with van der Waals surface area (Å²) in [6.45, 7) is 13.6. The Morgan fingerprint density at radius 3 is 2.35 bits per heavy atom. The van der Waals surface area contributed by atoms with E-state index in [1.54, 1.807) is 0 Å². The molecule has 0 radical (unpaired) electrons. The third kappa shape index (κ3) is 2.53. The molecule has 0 bridgehead atoms. The molecule has 1 spiro atoms. The number of nitrogens with zero attached hydrogens (tertiary/aromatic N) is 2. The van der Waals surface area contributed by atoms with Crippen LogP contribution < -0.4 is 0 Å². The molecular formula is C15H26N2O3. The van der Waals surface area contributed by atoms with Crippen LogP contribution in [0.2, 0.25) is 0 Å². The largest absolute Gasteiger partial charge is 0.444 e. The summed E-state index contributed by atoms with van der Waals surface area (Å²) < 4.78 is 10.9. The fourth-order valence-corrected chi connectivity index (χ4v) is 3.58. The van der Waals surface area contributed by atoms with Crippen molar-refractivity contribution in [2.45, 2.75) is 39.3 Å². The monoisotopic (exact) mass is 282 g/mol. The highest BCUT2D eigenvalue weighted by atomic mass is 16.6. The van der Waals surface area contributed by atoms with Gasteiger partial charge in [-0.3, -0.25) is 4.90 Å². The molecule has 3 fully saturated rings. The van der Waals surface area contributed by atoms with Gasteiger partial charge in [-0.15, -0.1) is 0 Å². The van der Waals surface area contributed by atoms with Crippen LogP contribution >= 0.6 is 0 Å². The lowest BCUT2D eigenvalue weighted by Crippen LogP contribution is -2.74. The minimum Gasteiger partial charge on any atom is -0.444 e. The van der Waals surface area contributed by atoms with Crippen LogP contribution in [0.5, 0.6) is 0 Å². The second kappa shape index (κ2) is 4.60. The Labute approximate surface area is 121 Å². The first kappa shape index (κ1) is 14.1. The van der Waals surface area contributed by atoms with Gasteiger partial charge in [-0.25, -0.2) is 4.79 Å². The maximum absolute atomic E-state index is 11.9. The first-order valence-electron chi connectivity index (χ1n) is 7.58. The van der Waals surface area contributed by atoms with E-state index in [9.17, 15) is 4.79 Å². The first-order chi connectivity index (χ1) is 9.28. The molecule has 3 heterocycles. The van der Waals surface area contributed by atoms with Crippen molar-refractivity contribution in [2.24, 2.45) is 11.3 Å². The Morgan fingerprint density at radius 2 is 1.85 bits per heavy atom. The zero-order chi connectivity index (χ0) is 14.5. The van der Waals surface area contributed by atoms with E-state index in [1.165, 1.54) is 0 Å². The molecule has 0 aliphatic carbocycles. The van der Waals surface area contributed by atoms with Gasteiger partial charge < -0.3 is 14.4 Å². The van der Waals surface area contributed by atoms with E-state index in [4.69, 9.17) is 9.47 Å². The van der Waals surface area contributed by atoms with Gasteiger partial charge in [-0.1, -0.05) is 6.92 Å². The van der Waals surface area contributed by atoms with Gasteiger partial charge in [0.05, 0.1) is 13.2 Å². The summed E-state index contributed by atoms with van der Waals surface area (Å²) in [6, 6.07) is 0.580. The maximum atomic E-state index is 11.9. The van der Waals surface area contributed by atoms with Gasteiger partial charge in [0.15, 0.2) is 0 Å². The van der Waals surface area contributed by atoms with Crippen LogP contribution in [0.15, 0.2) is 0 Å². The number of carbonyl (C=O) groups is 1. The van der Waals surface area contributed by atoms with E-state index in [0.29, 0.717) is 17.4 Å². The van der Waals surface area contributed by atoms with Crippen molar-refractivity contribution in [3.8, 4) is 0 Å². The van der Waals surface area contributed by atoms with E-state index in [1.807, 2.05) is 25.7 Å². The van der Waals surface area contributed by atoms with Gasteiger partial charge in [0.2, 0.25) is 0 Å². The molecule has 2 unspecified atom stereocenters. The fourth-order valence-electron chi connectivity index (χ4n) is 3.58. The SMILES string of the molecule is CC1COCC1N1CC2(CN(C(=O)OC(C)(C)C)C2)C1. The third-order valence-electron chi connectivity index (χ3n) is 4.58. The van der Waals surface area contributed by atoms with Crippen LogP contribution in [0.1, 0.15) is 27.7 Å². The lowest BCUT2D eigenvalue weighted by molar-refractivity contribution is -0.129. The van der Waals surface area contributed by atoms with Gasteiger partial charge in [-0.05, 0) is 26.7 Å². The summed E-state index contributed by atoms with van der Waals surface area (Å²) in [4.78, 5) is 16.3. The van der Waals surface area contributed by atoms with Crippen LogP contribution in [0.25, 0.3) is 0 Å². The number of hydrogen-bond acceptors (Lipinski definition) is 4. The van der Waals surface area contributed by atoms with Gasteiger partial charge >= 0.3 is 6.09 Å². The highest BCUT2D eigenvalue weighted by Crippen LogP contribution is 2.42. The summed E-state index contributed by atoms with van der Waals surface area (Å²) in [5.74, 6) is 0.634. The van der Waals surface area contributed by atoms with E-state index < -0.39 is 5.60 Å². The van der Waals surface area contributed by atoms with Crippen molar-refractivity contribution < 1.29 is 14.3 Å². The number of amides is 1. The Morgan fingerprint density at radius 1 is 1.20 bits per heavy atom. The van der Waals surface area contributed by atoms with Crippen molar-refractivity contribution in [2.75, 3.05) is 39.4 Å². The predicted molar refractivity (Wildman–Crippen MR) is 75.6 cm³/mol. The number of ether oxygens (including phenoxy) is 2. The van der Waals surface area contributed by atoms with E-state index in [0.717, 1.165) is 39.4 Å². The Balaban J connectivity index is 1.44. The molecule has 3 aliphatic heterocycles. The minimum absolute atomic E-state index is 0.167. The minimum atomic E-state index is -0.401. The summed E-state index contributed by atoms with van der Waals surface area (Å²) in [6.07, 6.45) is -0.167. The van der Waals surface area contributed by atoms with Crippen LogP contribution in [0.4, 0.5) is 4.79 Å². The number of carbonyl (C=O) groups excluding carboxylic acids is 1. The molecular weight excluding hydrogens is 256 g/mol. The number of rotatable bonds is 1. The van der Waals surface area contributed by atoms with Crippen molar-refractivity contribution in [3.05, 3.63) is 0 Å². The van der Waals surface area contributed by atoms with E-state index >= 15 is 0 Å². The van der Waals surface area contributed by atoms with Crippen molar-refractivity contribution in [1.82, 2.24) is 9.80 Å². The zero-order valence-corrected chi connectivity index (χ0v) is 13.0. The van der Waals surface area contributed by atoms with Gasteiger partial charge in [-0.2, -0.15) is 0 Å². The second-order valence-corrected chi connectivity index (χ2v) is 7.82. The second-order valence-electron chi connectivity index (χ2n) is 7.82. The molecule has 0 aromatic rings. The molecule has 20 heavy (non-hydrogen) atoms. The Bertz CT molecular complexity index is 390. The standard InChI is InChI=1S/C15H26N2O3/c1-11-5-19-6-12(11)16-7-15(8-16)9-17(10-15)13(18)20-14(2,3)4/h11-12H,5-10H2,1-4H3. The highest BCUT2D eigenvalue weighted by Gasteiger charge is 2.56. The lowest BCUT2D eigenvalue weighted by Gasteiger charge is -2.61. The average Bonchev–Trinajstić information content (AvgIpc) is 2.57. The predicted octanol–water partition coefficient (Wildman–Crippen LogP) is 1.57. The zero-order valence-electron chi connectivity index (χ0n) is 13.0. The van der Waals surface area contributed by atoms with Crippen molar-refractivity contribution >= 4 is 6.09 Å². The van der Waals surface area contributed by atoms with E-state index in [-0.39, 0.29) is 6.09 Å². The average molecular weight is 282 g/mol. The quantitative estimate of drug-likeness (QED) is 0.732. The smallest absolute Gasteiger partial charge is 0.410 e. The third-order valence-corrected chi connectivity index (χ3v) is 4.58. The fraction of sp³-hybridized carbons (Fsp3) is 0.933. The molecule has 0 saturated carbocycles. The molecule has 3 saturated heterocycles. The molecule has 5 nitrogen and oxygen atoms in total. The Kier molecular flexibility index (Phi) is 3.25. The number of likely N-dealkylation sites (tertiary alicyclic amines) is 2. The maximum Gasteiger partial charge on any atom is 0.410 e. The van der Waals surface area contributed by atoms with Crippen LogP contribution in [-0.2, 0) is 9.47 Å². The molecule has 2 atom stereocenters. The summed E-state index contributed by atoms with van der Waals surface area (Å²) >= 11 is 0. The molecule has 3 rings (SSSR count). The summed E-state index contributed by atoms with van der Waals surface area (Å²) in [7, 11) is 0. The molecule has 114 valence electrons. The molecule has 0 aromatic heterocycles. The van der Waals surface area contributed by atoms with Gasteiger partial charge in [0.25, 0.3) is 0 Å². The topological polar surface area (TPSA) is 42.0 Å². The summed E-state index contributed by atoms with van der Waals surface area (Å²) in [5, 5.41) is 0. The lowest BCUT2D eigenvalue weighted by atomic mass is 9.72.